The van der Waals surface area contributed by atoms with Crippen LogP contribution < -0.4 is 10.2 Å². The number of benzene rings is 1. The zero-order valence-electron chi connectivity index (χ0n) is 11.5. The highest BCUT2D eigenvalue weighted by Gasteiger charge is 2.10. The first kappa shape index (κ1) is 12.4. The topological polar surface area (TPSA) is 69.7 Å². The third-order valence-corrected chi connectivity index (χ3v) is 3.00. The van der Waals surface area contributed by atoms with E-state index in [4.69, 9.17) is 0 Å². The summed E-state index contributed by atoms with van der Waals surface area (Å²) >= 11 is 0. The van der Waals surface area contributed by atoms with E-state index in [1.165, 1.54) is 5.56 Å². The summed E-state index contributed by atoms with van der Waals surface area (Å²) in [7, 11) is 3.83. The van der Waals surface area contributed by atoms with Crippen LogP contribution in [0, 0.1) is 0 Å². The van der Waals surface area contributed by atoms with Crippen LogP contribution >= 0.6 is 0 Å². The molecule has 0 bridgehead atoms. The Kier molecular flexibility index (Phi) is 3.20. The minimum atomic E-state index is 0.650. The summed E-state index contributed by atoms with van der Waals surface area (Å²) in [6.07, 6.45) is 1.74. The summed E-state index contributed by atoms with van der Waals surface area (Å²) in [6.45, 7) is 0.713. The molecule has 0 amide bonds. The van der Waals surface area contributed by atoms with Crippen molar-refractivity contribution in [1.29, 1.82) is 0 Å². The summed E-state index contributed by atoms with van der Waals surface area (Å²) in [5.74, 6) is 1.44. The van der Waals surface area contributed by atoms with Gasteiger partial charge in [0.15, 0.2) is 5.65 Å². The smallest absolute Gasteiger partial charge is 0.228 e. The molecular formula is C14H16N6. The van der Waals surface area contributed by atoms with Gasteiger partial charge in [0.2, 0.25) is 5.95 Å². The molecule has 0 aliphatic carbocycles. The van der Waals surface area contributed by atoms with Crippen LogP contribution in [0.4, 0.5) is 11.8 Å². The predicted octanol–water partition coefficient (Wildman–Crippen LogP) is 2.03. The maximum atomic E-state index is 4.53. The van der Waals surface area contributed by atoms with Crippen molar-refractivity contribution >= 4 is 22.8 Å². The lowest BCUT2D eigenvalue weighted by molar-refractivity contribution is 0.996. The number of fused-ring (bicyclic) bond motifs is 1. The van der Waals surface area contributed by atoms with E-state index in [2.05, 4.69) is 37.6 Å². The second-order valence-electron chi connectivity index (χ2n) is 4.74. The van der Waals surface area contributed by atoms with Crippen LogP contribution in [0.1, 0.15) is 5.56 Å². The molecule has 20 heavy (non-hydrogen) atoms. The van der Waals surface area contributed by atoms with Crippen LogP contribution in [-0.2, 0) is 6.54 Å². The maximum absolute atomic E-state index is 4.53. The van der Waals surface area contributed by atoms with Gasteiger partial charge in [-0.25, -0.2) is 0 Å². The van der Waals surface area contributed by atoms with E-state index < -0.39 is 0 Å². The van der Waals surface area contributed by atoms with Crippen molar-refractivity contribution in [2.75, 3.05) is 24.3 Å². The van der Waals surface area contributed by atoms with Gasteiger partial charge >= 0.3 is 0 Å². The third-order valence-electron chi connectivity index (χ3n) is 3.00. The first-order valence-corrected chi connectivity index (χ1v) is 6.40. The monoisotopic (exact) mass is 268 g/mol. The van der Waals surface area contributed by atoms with Gasteiger partial charge in [-0.3, -0.25) is 5.10 Å². The van der Waals surface area contributed by atoms with Crippen molar-refractivity contribution < 1.29 is 0 Å². The van der Waals surface area contributed by atoms with Crippen molar-refractivity contribution in [1.82, 2.24) is 20.2 Å². The van der Waals surface area contributed by atoms with E-state index in [1.807, 2.05) is 37.2 Å². The van der Waals surface area contributed by atoms with Crippen molar-refractivity contribution in [2.24, 2.45) is 0 Å². The lowest BCUT2D eigenvalue weighted by Crippen LogP contribution is -2.14. The lowest BCUT2D eigenvalue weighted by atomic mass is 10.2. The molecule has 0 saturated carbocycles. The fourth-order valence-electron chi connectivity index (χ4n) is 1.94. The molecule has 2 N–H and O–H groups in total. The lowest BCUT2D eigenvalue weighted by Gasteiger charge is -2.13. The summed E-state index contributed by atoms with van der Waals surface area (Å²) < 4.78 is 0. The van der Waals surface area contributed by atoms with Gasteiger partial charge < -0.3 is 10.2 Å². The van der Waals surface area contributed by atoms with E-state index in [0.717, 1.165) is 16.9 Å². The summed E-state index contributed by atoms with van der Waals surface area (Å²) in [5.41, 5.74) is 1.94. The second kappa shape index (κ2) is 5.16. The summed E-state index contributed by atoms with van der Waals surface area (Å²) in [6, 6.07) is 10.2. The average molecular weight is 268 g/mol. The van der Waals surface area contributed by atoms with Gasteiger partial charge in [-0.1, -0.05) is 30.3 Å². The number of nitrogens with one attached hydrogen (secondary N) is 2. The van der Waals surface area contributed by atoms with E-state index in [0.29, 0.717) is 12.5 Å². The Morgan fingerprint density at radius 3 is 2.70 bits per heavy atom. The fraction of sp³-hybridized carbons (Fsp3) is 0.214. The molecule has 2 heterocycles. The van der Waals surface area contributed by atoms with Crippen LogP contribution in [0.3, 0.4) is 0 Å². The molecule has 0 fully saturated rings. The zero-order valence-corrected chi connectivity index (χ0v) is 11.5. The first-order chi connectivity index (χ1) is 9.74. The molecule has 3 rings (SSSR count). The van der Waals surface area contributed by atoms with Crippen LogP contribution in [0.25, 0.3) is 11.0 Å². The van der Waals surface area contributed by atoms with Gasteiger partial charge in [0.25, 0.3) is 0 Å². The molecule has 6 heteroatoms. The Morgan fingerprint density at radius 1 is 1.15 bits per heavy atom. The van der Waals surface area contributed by atoms with E-state index in [1.54, 1.807) is 6.20 Å². The number of hydrogen-bond donors (Lipinski definition) is 2. The third kappa shape index (κ3) is 2.40. The molecule has 3 aromatic rings. The number of anilines is 2. The molecule has 2 aromatic heterocycles. The molecule has 0 radical (unpaired) electrons. The quantitative estimate of drug-likeness (QED) is 0.757. The van der Waals surface area contributed by atoms with Gasteiger partial charge in [0.05, 0.1) is 11.6 Å². The highest BCUT2D eigenvalue weighted by Crippen LogP contribution is 2.21. The highest BCUT2D eigenvalue weighted by molar-refractivity contribution is 5.86. The van der Waals surface area contributed by atoms with E-state index in [9.17, 15) is 0 Å². The van der Waals surface area contributed by atoms with Gasteiger partial charge in [-0.15, -0.1) is 0 Å². The minimum absolute atomic E-state index is 0.650. The minimum Gasteiger partial charge on any atom is -0.365 e. The van der Waals surface area contributed by atoms with Crippen molar-refractivity contribution in [3.8, 4) is 0 Å². The molecule has 0 atom stereocenters. The van der Waals surface area contributed by atoms with Crippen molar-refractivity contribution in [2.45, 2.75) is 6.54 Å². The van der Waals surface area contributed by atoms with E-state index in [-0.39, 0.29) is 0 Å². The Labute approximate surface area is 116 Å². The summed E-state index contributed by atoms with van der Waals surface area (Å²) in [5, 5.41) is 11.2. The molecule has 0 aliphatic heterocycles. The molecule has 0 saturated heterocycles. The number of hydrogen-bond acceptors (Lipinski definition) is 5. The van der Waals surface area contributed by atoms with Gasteiger partial charge in [0.1, 0.15) is 5.82 Å². The van der Waals surface area contributed by atoms with Crippen LogP contribution in [0.15, 0.2) is 36.5 Å². The Morgan fingerprint density at radius 2 is 1.95 bits per heavy atom. The second-order valence-corrected chi connectivity index (χ2v) is 4.74. The number of rotatable bonds is 4. The number of nitrogens with zero attached hydrogens (tertiary/aromatic N) is 4. The van der Waals surface area contributed by atoms with Gasteiger partial charge in [-0.2, -0.15) is 15.1 Å². The van der Waals surface area contributed by atoms with E-state index >= 15 is 0 Å². The Balaban J connectivity index is 1.91. The Hall–Kier alpha value is -2.63. The number of H-pyrrole nitrogens is 1. The van der Waals surface area contributed by atoms with Crippen LogP contribution in [0.2, 0.25) is 0 Å². The standard InChI is InChI=1S/C14H16N6/c1-20(2)14-17-12(11-9-16-19-13(11)18-14)15-8-10-6-4-3-5-7-10/h3-7,9H,8H2,1-2H3,(H2,15,16,17,18,19). The average Bonchev–Trinajstić information content (AvgIpc) is 2.94. The molecular weight excluding hydrogens is 252 g/mol. The van der Waals surface area contributed by atoms with Gasteiger partial charge in [-0.05, 0) is 5.56 Å². The van der Waals surface area contributed by atoms with Gasteiger partial charge in [0, 0.05) is 20.6 Å². The number of aromatic amines is 1. The first-order valence-electron chi connectivity index (χ1n) is 6.40. The molecule has 1 aromatic carbocycles. The molecule has 0 spiro atoms. The highest BCUT2D eigenvalue weighted by atomic mass is 15.3. The zero-order chi connectivity index (χ0) is 13.9. The maximum Gasteiger partial charge on any atom is 0.228 e. The van der Waals surface area contributed by atoms with Crippen LogP contribution in [-0.4, -0.2) is 34.3 Å². The fourth-order valence-corrected chi connectivity index (χ4v) is 1.94. The molecule has 0 unspecified atom stereocenters. The SMILES string of the molecule is CN(C)c1nc(NCc2ccccc2)c2cn[nH]c2n1. The van der Waals surface area contributed by atoms with Crippen molar-refractivity contribution in [3.63, 3.8) is 0 Å². The molecule has 102 valence electrons. The Bertz CT molecular complexity index is 704. The largest absolute Gasteiger partial charge is 0.365 e. The molecule has 6 nitrogen and oxygen atoms in total. The molecule has 0 aliphatic rings. The normalized spacial score (nSPS) is 10.7. The van der Waals surface area contributed by atoms with Crippen molar-refractivity contribution in [3.05, 3.63) is 42.1 Å². The van der Waals surface area contributed by atoms with Crippen LogP contribution in [0.5, 0.6) is 0 Å². The number of aromatic nitrogens is 4. The summed E-state index contributed by atoms with van der Waals surface area (Å²) in [4.78, 5) is 10.8. The predicted molar refractivity (Wildman–Crippen MR) is 79.8 cm³/mol.